The van der Waals surface area contributed by atoms with E-state index in [0.29, 0.717) is 11.5 Å². The van der Waals surface area contributed by atoms with Gasteiger partial charge in [-0.2, -0.15) is 4.98 Å². The highest BCUT2D eigenvalue weighted by molar-refractivity contribution is 7.70. The SMILES string of the molecule is O=P(O)(O)CP(=O)(O)OC[C@H]1O[C@@H](c2cnc3c(N4CCCC45CCCC5)nc(Cl)nn23)[C@H](O)[C@@H]1O. The van der Waals surface area contributed by atoms with Gasteiger partial charge in [-0.3, -0.25) is 9.13 Å². The minimum atomic E-state index is -4.82. The summed E-state index contributed by atoms with van der Waals surface area (Å²) in [6.07, 6.45) is 2.54. The van der Waals surface area contributed by atoms with Crippen LogP contribution in [0.1, 0.15) is 50.3 Å². The molecule has 5 N–H and O–H groups in total. The molecule has 2 aromatic rings. The average Bonchev–Trinajstić information content (AvgIpc) is 3.55. The van der Waals surface area contributed by atoms with Crippen molar-refractivity contribution < 1.29 is 43.3 Å². The van der Waals surface area contributed by atoms with Gasteiger partial charge in [-0.25, -0.2) is 9.50 Å². The maximum Gasteiger partial charge on any atom is 0.340 e. The Kier molecular flexibility index (Phi) is 7.00. The van der Waals surface area contributed by atoms with Gasteiger partial charge in [-0.15, -0.1) is 5.10 Å². The zero-order chi connectivity index (χ0) is 25.9. The number of imidazole rings is 1. The molecule has 1 unspecified atom stereocenters. The van der Waals surface area contributed by atoms with Crippen LogP contribution in [0.15, 0.2) is 6.20 Å². The first-order valence-electron chi connectivity index (χ1n) is 11.6. The van der Waals surface area contributed by atoms with Crippen molar-refractivity contribution in [1.82, 2.24) is 19.6 Å². The zero-order valence-electron chi connectivity index (χ0n) is 19.1. The Morgan fingerprint density at radius 1 is 1.14 bits per heavy atom. The highest BCUT2D eigenvalue weighted by atomic mass is 35.5. The van der Waals surface area contributed by atoms with E-state index in [-0.39, 0.29) is 16.5 Å². The van der Waals surface area contributed by atoms with Crippen molar-refractivity contribution in [3.05, 3.63) is 17.2 Å². The molecule has 200 valence electrons. The number of hydrogen-bond acceptors (Lipinski definition) is 10. The summed E-state index contributed by atoms with van der Waals surface area (Å²) in [6.45, 7) is 0.123. The fraction of sp³-hybridized carbons (Fsp3) is 0.737. The van der Waals surface area contributed by atoms with E-state index >= 15 is 0 Å². The standard InChI is InChI=1S/C19H28ClN5O9P2/c20-18-22-17(24-7-3-6-19(24)4-1-2-5-19)16-21-8-11(25(16)23-18)15-14(27)13(26)12(34-15)9-33-36(31,32)10-35(28,29)30/h8,12-15,26-27H,1-7,9-10H2,(H,31,32)(H2,28,29,30)/t12-,13-,14-,15+/m1/s1. The Hall–Kier alpha value is -1.18. The second-order valence-electron chi connectivity index (χ2n) is 9.63. The van der Waals surface area contributed by atoms with Gasteiger partial charge < -0.3 is 39.1 Å². The van der Waals surface area contributed by atoms with Gasteiger partial charge in [-0.05, 0) is 37.3 Å². The summed E-state index contributed by atoms with van der Waals surface area (Å²) in [5.41, 5.74) is 0.721. The van der Waals surface area contributed by atoms with E-state index in [1.165, 1.54) is 10.7 Å². The molecular weight excluding hydrogens is 540 g/mol. The molecule has 1 saturated carbocycles. The number of aliphatic hydroxyl groups is 2. The Morgan fingerprint density at radius 3 is 2.53 bits per heavy atom. The Labute approximate surface area is 210 Å². The van der Waals surface area contributed by atoms with Crippen molar-refractivity contribution in [2.45, 2.75) is 68.5 Å². The number of halogens is 1. The number of aromatic nitrogens is 4. The van der Waals surface area contributed by atoms with Gasteiger partial charge in [0.05, 0.1) is 18.5 Å². The number of fused-ring (bicyclic) bond motifs is 1. The fourth-order valence-electron chi connectivity index (χ4n) is 5.65. The van der Waals surface area contributed by atoms with Crippen LogP contribution in [0.4, 0.5) is 5.82 Å². The van der Waals surface area contributed by atoms with Crippen LogP contribution in [0, 0.1) is 0 Å². The quantitative estimate of drug-likeness (QED) is 0.299. The Morgan fingerprint density at radius 2 is 1.83 bits per heavy atom. The predicted octanol–water partition coefficient (Wildman–Crippen LogP) is 1.19. The van der Waals surface area contributed by atoms with Crippen LogP contribution in [0.3, 0.4) is 0 Å². The molecule has 14 nitrogen and oxygen atoms in total. The number of anilines is 1. The normalized spacial score (nSPS) is 30.0. The lowest BCUT2D eigenvalue weighted by molar-refractivity contribution is -0.0204. The lowest BCUT2D eigenvalue weighted by Gasteiger charge is -2.36. The molecule has 0 bridgehead atoms. The van der Waals surface area contributed by atoms with E-state index in [2.05, 4.69) is 20.0 Å². The van der Waals surface area contributed by atoms with Gasteiger partial charge in [0.1, 0.15) is 24.4 Å². The summed E-state index contributed by atoms with van der Waals surface area (Å²) in [5.74, 6) is -0.787. The monoisotopic (exact) mass is 567 g/mol. The molecule has 3 fully saturated rings. The molecule has 36 heavy (non-hydrogen) atoms. The van der Waals surface area contributed by atoms with E-state index in [9.17, 15) is 24.2 Å². The molecule has 17 heteroatoms. The number of hydrogen-bond donors (Lipinski definition) is 5. The molecule has 5 atom stereocenters. The van der Waals surface area contributed by atoms with E-state index in [1.807, 2.05) is 0 Å². The van der Waals surface area contributed by atoms with Crippen molar-refractivity contribution >= 4 is 38.3 Å². The van der Waals surface area contributed by atoms with Crippen LogP contribution < -0.4 is 4.90 Å². The first-order chi connectivity index (χ1) is 16.9. The largest absolute Gasteiger partial charge is 0.387 e. The summed E-state index contributed by atoms with van der Waals surface area (Å²) in [4.78, 5) is 38.8. The average molecular weight is 568 g/mol. The molecule has 1 aliphatic carbocycles. The van der Waals surface area contributed by atoms with Crippen LogP contribution >= 0.6 is 26.8 Å². The topological polar surface area (TPSA) is 200 Å². The third kappa shape index (κ3) is 4.96. The zero-order valence-corrected chi connectivity index (χ0v) is 21.7. The highest BCUT2D eigenvalue weighted by Gasteiger charge is 2.47. The summed E-state index contributed by atoms with van der Waals surface area (Å²) in [6, 6.07) is 0. The molecule has 2 saturated heterocycles. The highest BCUT2D eigenvalue weighted by Crippen LogP contribution is 2.55. The second kappa shape index (κ2) is 9.53. The number of nitrogens with zero attached hydrogens (tertiary/aromatic N) is 5. The summed E-state index contributed by atoms with van der Waals surface area (Å²) in [7, 11) is -9.48. The van der Waals surface area contributed by atoms with E-state index < -0.39 is 52.1 Å². The van der Waals surface area contributed by atoms with Crippen molar-refractivity contribution in [1.29, 1.82) is 0 Å². The lowest BCUT2D eigenvalue weighted by atomic mass is 9.94. The van der Waals surface area contributed by atoms with Gasteiger partial charge in [0.2, 0.25) is 5.28 Å². The molecule has 4 heterocycles. The first kappa shape index (κ1) is 26.4. The molecule has 2 aromatic heterocycles. The molecule has 0 aromatic carbocycles. The van der Waals surface area contributed by atoms with Gasteiger partial charge in [-0.1, -0.05) is 12.8 Å². The summed E-state index contributed by atoms with van der Waals surface area (Å²) >= 11 is 6.29. The molecule has 3 aliphatic rings. The lowest BCUT2D eigenvalue weighted by Crippen LogP contribution is -2.42. The van der Waals surface area contributed by atoms with Gasteiger partial charge in [0, 0.05) is 12.1 Å². The maximum atomic E-state index is 12.0. The van der Waals surface area contributed by atoms with Crippen molar-refractivity contribution in [2.75, 3.05) is 24.0 Å². The van der Waals surface area contributed by atoms with Gasteiger partial charge >= 0.3 is 15.2 Å². The number of rotatable bonds is 7. The third-order valence-electron chi connectivity index (χ3n) is 7.19. The summed E-state index contributed by atoms with van der Waals surface area (Å²) in [5, 5.41) is 25.4. The van der Waals surface area contributed by atoms with Gasteiger partial charge in [0.25, 0.3) is 0 Å². The first-order valence-corrected chi connectivity index (χ1v) is 15.5. The van der Waals surface area contributed by atoms with E-state index in [4.69, 9.17) is 30.6 Å². The van der Waals surface area contributed by atoms with Crippen LogP contribution in [-0.4, -0.2) is 87.4 Å². The number of aliphatic hydroxyl groups excluding tert-OH is 2. The molecule has 0 amide bonds. The molecular formula is C19H28ClN5O9P2. The minimum absolute atomic E-state index is 0.0115. The molecule has 5 rings (SSSR count). The predicted molar refractivity (Wildman–Crippen MR) is 126 cm³/mol. The Bertz CT molecular complexity index is 1230. The Balaban J connectivity index is 1.40. The van der Waals surface area contributed by atoms with E-state index in [1.54, 1.807) is 0 Å². The maximum absolute atomic E-state index is 12.0. The smallest absolute Gasteiger partial charge is 0.340 e. The molecule has 0 radical (unpaired) electrons. The fourth-order valence-corrected chi connectivity index (χ4v) is 8.37. The van der Waals surface area contributed by atoms with Crippen molar-refractivity contribution in [2.24, 2.45) is 0 Å². The summed E-state index contributed by atoms with van der Waals surface area (Å²) < 4.78 is 34.9. The second-order valence-corrected chi connectivity index (χ2v) is 14.0. The van der Waals surface area contributed by atoms with Crippen LogP contribution in [0.5, 0.6) is 0 Å². The van der Waals surface area contributed by atoms with Gasteiger partial charge in [0.15, 0.2) is 17.4 Å². The van der Waals surface area contributed by atoms with Crippen molar-refractivity contribution in [3.8, 4) is 0 Å². The van der Waals surface area contributed by atoms with Crippen LogP contribution in [0.2, 0.25) is 5.28 Å². The van der Waals surface area contributed by atoms with E-state index in [0.717, 1.165) is 45.1 Å². The number of ether oxygens (including phenoxy) is 1. The van der Waals surface area contributed by atoms with Crippen molar-refractivity contribution in [3.63, 3.8) is 0 Å². The molecule has 1 spiro atoms. The van der Waals surface area contributed by atoms with Crippen LogP contribution in [-0.2, 0) is 18.4 Å². The third-order valence-corrected chi connectivity index (χ3v) is 10.8. The van der Waals surface area contributed by atoms with Crippen LogP contribution in [0.25, 0.3) is 5.65 Å². The molecule has 2 aliphatic heterocycles. The minimum Gasteiger partial charge on any atom is -0.387 e.